The molecule has 0 bridgehead atoms. The van der Waals surface area contributed by atoms with E-state index in [1.54, 1.807) is 6.92 Å². The molecule has 2 amide bonds. The van der Waals surface area contributed by atoms with Crippen molar-refractivity contribution in [3.8, 4) is 0 Å². The number of nitrogens with two attached hydrogens (primary N) is 1. The first kappa shape index (κ1) is 56.9. The Bertz CT molecular complexity index is 2120. The summed E-state index contributed by atoms with van der Waals surface area (Å²) in [6, 6.07) is 0. The lowest BCUT2D eigenvalue weighted by Crippen LogP contribution is -2.47. The number of rotatable bonds is 27. The fourth-order valence-electron chi connectivity index (χ4n) is 6.40. The molecule has 2 aliphatic heterocycles. The number of aliphatic hydroxyl groups is 5. The third kappa shape index (κ3) is 17.9. The van der Waals surface area contributed by atoms with E-state index in [1.165, 1.54) is 13.8 Å². The van der Waals surface area contributed by atoms with Gasteiger partial charge in [0.15, 0.2) is 29.1 Å². The molecule has 4 rings (SSSR count). The van der Waals surface area contributed by atoms with Gasteiger partial charge >= 0.3 is 0 Å². The molecule has 29 nitrogen and oxygen atoms in total. The fraction of sp³-hybridized carbons (Fsp3) is 0.765. The van der Waals surface area contributed by atoms with Crippen LogP contribution in [0.4, 0.5) is 5.82 Å². The molecule has 382 valence electrons. The topological polar surface area (TPSA) is 454 Å². The highest BCUT2D eigenvalue weighted by Gasteiger charge is 2.47. The molecule has 2 aromatic rings. The number of ether oxygens (including phenoxy) is 3. The van der Waals surface area contributed by atoms with E-state index < -0.39 is 115 Å². The van der Waals surface area contributed by atoms with Crippen LogP contribution in [0.1, 0.15) is 65.5 Å². The SMILES string of the molecule is C[C@@H]1O[C@@H](OCCCC[C@@H](O)CC(=O)SCCNC(=O)CCNC(=O)[C@H](O)C(C)(C)COP(=O)([O-])OP(=O)([O-])OC[C@H]2O[C@@H](n3cnc4c(N)ncnc43)[C@H](O)[C@@H]2OP(=O)([O-])[O-])[C@H](O)C[C@H]1O. The molecule has 2 aliphatic rings. The van der Waals surface area contributed by atoms with Crippen LogP contribution in [0.3, 0.4) is 0 Å². The first-order valence-electron chi connectivity index (χ1n) is 20.5. The second-order valence-corrected chi connectivity index (χ2v) is 21.2. The highest BCUT2D eigenvalue weighted by atomic mass is 32.2. The molecule has 9 N–H and O–H groups in total. The van der Waals surface area contributed by atoms with Gasteiger partial charge in [-0.25, -0.2) is 19.3 Å². The molecule has 0 saturated carbocycles. The molecular weight excluding hydrogens is 983 g/mol. The molecule has 0 radical (unpaired) electrons. The Labute approximate surface area is 386 Å². The number of fused-ring (bicyclic) bond motifs is 1. The van der Waals surface area contributed by atoms with Crippen molar-refractivity contribution >= 4 is 69.1 Å². The lowest BCUT2D eigenvalue weighted by molar-refractivity contribution is -0.347. The van der Waals surface area contributed by atoms with Gasteiger partial charge in [0.25, 0.3) is 15.6 Å². The highest BCUT2D eigenvalue weighted by Crippen LogP contribution is 2.56. The molecule has 4 heterocycles. The number of phosphoric acid groups is 3. The maximum atomic E-state index is 12.6. The van der Waals surface area contributed by atoms with Gasteiger partial charge < -0.3 is 93.8 Å². The third-order valence-corrected chi connectivity index (χ3v) is 14.0. The van der Waals surface area contributed by atoms with Gasteiger partial charge in [-0.05, 0) is 26.2 Å². The van der Waals surface area contributed by atoms with Gasteiger partial charge in [0.1, 0.15) is 42.4 Å². The van der Waals surface area contributed by atoms with E-state index >= 15 is 0 Å². The van der Waals surface area contributed by atoms with E-state index in [0.29, 0.717) is 19.3 Å². The van der Waals surface area contributed by atoms with Gasteiger partial charge in [-0.2, -0.15) is 0 Å². The predicted molar refractivity (Wildman–Crippen MR) is 220 cm³/mol. The lowest BCUT2D eigenvalue weighted by atomic mass is 9.87. The highest BCUT2D eigenvalue weighted by molar-refractivity contribution is 8.13. The van der Waals surface area contributed by atoms with Crippen molar-refractivity contribution in [1.82, 2.24) is 30.2 Å². The van der Waals surface area contributed by atoms with E-state index in [9.17, 15) is 73.2 Å². The predicted octanol–water partition coefficient (Wildman–Crippen LogP) is -4.07. The summed E-state index contributed by atoms with van der Waals surface area (Å²) in [6.07, 6.45) is -10.3. The second-order valence-electron chi connectivity index (χ2n) is 16.0. The summed E-state index contributed by atoms with van der Waals surface area (Å²) >= 11 is 0.900. The molecule has 2 saturated heterocycles. The van der Waals surface area contributed by atoms with Gasteiger partial charge in [-0.15, -0.1) is 0 Å². The zero-order chi connectivity index (χ0) is 49.9. The largest absolute Gasteiger partial charge is 0.790 e. The monoisotopic (exact) mass is 1040 g/mol. The van der Waals surface area contributed by atoms with Gasteiger partial charge in [-0.3, -0.25) is 28.1 Å². The van der Waals surface area contributed by atoms with Crippen LogP contribution in [0.15, 0.2) is 12.7 Å². The summed E-state index contributed by atoms with van der Waals surface area (Å²) in [7, 11) is -17.7. The molecule has 0 spiro atoms. The van der Waals surface area contributed by atoms with Crippen LogP contribution in [0, 0.1) is 5.41 Å². The number of imidazole rings is 1. The van der Waals surface area contributed by atoms with Crippen molar-refractivity contribution in [3.63, 3.8) is 0 Å². The Hall–Kier alpha value is -2.64. The Morgan fingerprint density at radius 3 is 2.40 bits per heavy atom. The average Bonchev–Trinajstić information content (AvgIpc) is 3.79. The number of amides is 2. The van der Waals surface area contributed by atoms with Gasteiger partial charge in [0.2, 0.25) is 11.8 Å². The number of nitrogens with one attached hydrogen (secondary N) is 2. The van der Waals surface area contributed by atoms with Crippen LogP contribution in [0.5, 0.6) is 0 Å². The van der Waals surface area contributed by atoms with Crippen molar-refractivity contribution in [2.45, 2.75) is 121 Å². The number of hydrogen-bond acceptors (Lipinski definition) is 27. The molecule has 2 aromatic heterocycles. The number of thioether (sulfide) groups is 1. The number of aromatic nitrogens is 4. The van der Waals surface area contributed by atoms with E-state index in [2.05, 4.69) is 43.5 Å². The summed E-state index contributed by atoms with van der Waals surface area (Å²) in [5.74, 6) is -1.49. The number of anilines is 1. The zero-order valence-electron chi connectivity index (χ0n) is 36.2. The molecule has 67 heavy (non-hydrogen) atoms. The van der Waals surface area contributed by atoms with Crippen molar-refractivity contribution in [3.05, 3.63) is 12.7 Å². The fourth-order valence-corrected chi connectivity index (χ4v) is 9.88. The Balaban J connectivity index is 1.11. The Morgan fingerprint density at radius 2 is 1.70 bits per heavy atom. The van der Waals surface area contributed by atoms with Crippen LogP contribution < -0.4 is 35.9 Å². The van der Waals surface area contributed by atoms with E-state index in [-0.39, 0.29) is 66.8 Å². The lowest BCUT2D eigenvalue weighted by Gasteiger charge is -2.36. The van der Waals surface area contributed by atoms with Crippen molar-refractivity contribution < 1.29 is 105 Å². The summed E-state index contributed by atoms with van der Waals surface area (Å²) in [6.45, 7) is 1.74. The number of unbranched alkanes of at least 4 members (excludes halogenated alkanes) is 1. The van der Waals surface area contributed by atoms with Crippen LogP contribution in [-0.2, 0) is 60.2 Å². The van der Waals surface area contributed by atoms with Crippen LogP contribution in [0.25, 0.3) is 11.2 Å². The molecule has 12 atom stereocenters. The molecular formula is C34H54N7O22P3S-4. The summed E-state index contributed by atoms with van der Waals surface area (Å²) < 4.78 is 71.6. The number of nitrogens with zero attached hydrogens (tertiary/aromatic N) is 4. The summed E-state index contributed by atoms with van der Waals surface area (Å²) in [5.41, 5.74) is 4.01. The maximum Gasteiger partial charge on any atom is 0.274 e. The minimum Gasteiger partial charge on any atom is -0.790 e. The number of phosphoric ester groups is 3. The molecule has 2 unspecified atom stereocenters. The smallest absolute Gasteiger partial charge is 0.274 e. The van der Waals surface area contributed by atoms with Crippen LogP contribution >= 0.6 is 35.2 Å². The number of aliphatic hydroxyl groups excluding tert-OH is 5. The van der Waals surface area contributed by atoms with Crippen molar-refractivity contribution in [2.75, 3.05) is 44.4 Å². The minimum absolute atomic E-state index is 0.0308. The average molecular weight is 1040 g/mol. The third-order valence-electron chi connectivity index (χ3n) is 10.0. The Kier molecular flexibility index (Phi) is 21.2. The second kappa shape index (κ2) is 25.0. The number of hydrogen-bond donors (Lipinski definition) is 8. The standard InChI is InChI=1S/C34H58N7O22P3S/c1-18-20(43)13-21(44)33(60-18)57-10-5-4-6-19(42)12-24(46)67-11-9-36-23(45)7-8-37-31(49)28(48)34(2,3)15-59-66(55,56)63-65(53,54)58-14-22-27(62-64(50,51)52)26(47)32(61-22)41-17-40-25-29(35)38-16-39-30(25)41/h16-22,26-28,32-33,42-44,47-48H,4-15H2,1-3H3,(H,36,45)(H,37,49)(H,53,54)(H,55,56)(H2,35,38,39)(H2,50,51,52)/p-4/t18-,19+,20+,21+,22+,26+,27+,28-,32+,33+/m0/s1. The molecule has 0 aliphatic carbocycles. The molecule has 33 heteroatoms. The first-order chi connectivity index (χ1) is 31.2. The zero-order valence-corrected chi connectivity index (χ0v) is 39.7. The van der Waals surface area contributed by atoms with Crippen molar-refractivity contribution in [1.29, 1.82) is 0 Å². The summed E-state index contributed by atoms with van der Waals surface area (Å²) in [4.78, 5) is 96.8. The van der Waals surface area contributed by atoms with Crippen molar-refractivity contribution in [2.24, 2.45) is 5.41 Å². The molecule has 2 fully saturated rings. The number of nitrogen functional groups attached to an aromatic ring is 1. The number of carbonyl (C=O) groups is 3. The van der Waals surface area contributed by atoms with Crippen LogP contribution in [-0.4, -0.2) is 156 Å². The molecule has 0 aromatic carbocycles. The van der Waals surface area contributed by atoms with E-state index in [4.69, 9.17) is 19.9 Å². The Morgan fingerprint density at radius 1 is 1.00 bits per heavy atom. The first-order valence-corrected chi connectivity index (χ1v) is 25.8. The van der Waals surface area contributed by atoms with Gasteiger partial charge in [0.05, 0.1) is 45.7 Å². The quantitative estimate of drug-likeness (QED) is 0.0312. The summed E-state index contributed by atoms with van der Waals surface area (Å²) in [5, 5.41) is 55.8. The normalized spacial score (nSPS) is 26.4. The minimum atomic E-state index is -5.95. The van der Waals surface area contributed by atoms with E-state index in [0.717, 1.165) is 29.0 Å². The van der Waals surface area contributed by atoms with E-state index in [1.807, 2.05) is 0 Å². The maximum absolute atomic E-state index is 12.6. The van der Waals surface area contributed by atoms with Gasteiger partial charge in [-0.1, -0.05) is 25.6 Å². The van der Waals surface area contributed by atoms with Crippen LogP contribution in [0.2, 0.25) is 0 Å². The number of carbonyl (C=O) groups excluding carboxylic acids is 3. The van der Waals surface area contributed by atoms with Gasteiger partial charge in [0, 0.05) is 50.1 Å².